The van der Waals surface area contributed by atoms with Crippen molar-refractivity contribution in [2.75, 3.05) is 6.61 Å². The van der Waals surface area contributed by atoms with Crippen LogP contribution in [0.2, 0.25) is 0 Å². The van der Waals surface area contributed by atoms with Crippen molar-refractivity contribution in [3.05, 3.63) is 104 Å². The van der Waals surface area contributed by atoms with Crippen molar-refractivity contribution in [2.24, 2.45) is 0 Å². The van der Waals surface area contributed by atoms with Gasteiger partial charge in [-0.15, -0.1) is 0 Å². The van der Waals surface area contributed by atoms with Crippen molar-refractivity contribution < 1.29 is 19.1 Å². The van der Waals surface area contributed by atoms with Crippen LogP contribution in [0, 0.1) is 20.8 Å². The molecular weight excluding hydrogens is 442 g/mol. The fourth-order valence-corrected chi connectivity index (χ4v) is 4.65. The highest BCUT2D eigenvalue weighted by Gasteiger charge is 2.43. The van der Waals surface area contributed by atoms with Gasteiger partial charge in [-0.1, -0.05) is 35.9 Å². The number of aromatic hydroxyl groups is 1. The van der Waals surface area contributed by atoms with Gasteiger partial charge in [0.15, 0.2) is 16.9 Å². The molecule has 1 aliphatic heterocycles. The lowest BCUT2D eigenvalue weighted by Crippen LogP contribution is -2.29. The normalized spacial score (nSPS) is 15.0. The molecule has 1 aliphatic rings. The zero-order valence-corrected chi connectivity index (χ0v) is 20.2. The van der Waals surface area contributed by atoms with Crippen LogP contribution in [-0.2, 0) is 6.54 Å². The summed E-state index contributed by atoms with van der Waals surface area (Å²) < 4.78 is 11.7. The molecule has 0 saturated carbocycles. The lowest BCUT2D eigenvalue weighted by Gasteiger charge is -2.26. The largest absolute Gasteiger partial charge is 0.504 e. The second kappa shape index (κ2) is 8.62. The Morgan fingerprint density at radius 1 is 0.971 bits per heavy atom. The van der Waals surface area contributed by atoms with Crippen molar-refractivity contribution in [1.82, 2.24) is 4.90 Å². The van der Waals surface area contributed by atoms with Crippen LogP contribution in [0.1, 0.15) is 56.9 Å². The van der Waals surface area contributed by atoms with Gasteiger partial charge in [-0.3, -0.25) is 9.59 Å². The molecule has 0 unspecified atom stereocenters. The van der Waals surface area contributed by atoms with E-state index in [2.05, 4.69) is 0 Å². The molecule has 0 saturated heterocycles. The highest BCUT2D eigenvalue weighted by molar-refractivity contribution is 5.99. The molecule has 35 heavy (non-hydrogen) atoms. The first-order valence-corrected chi connectivity index (χ1v) is 11.7. The zero-order valence-electron chi connectivity index (χ0n) is 20.2. The van der Waals surface area contributed by atoms with Gasteiger partial charge >= 0.3 is 0 Å². The summed E-state index contributed by atoms with van der Waals surface area (Å²) in [6.45, 7) is 8.40. The Labute approximate surface area is 203 Å². The van der Waals surface area contributed by atoms with E-state index in [4.69, 9.17) is 9.15 Å². The van der Waals surface area contributed by atoms with Crippen molar-refractivity contribution in [1.29, 1.82) is 0 Å². The first-order chi connectivity index (χ1) is 16.8. The average Bonchev–Trinajstić information content (AvgIpc) is 3.10. The van der Waals surface area contributed by atoms with Gasteiger partial charge in [-0.2, -0.15) is 0 Å². The molecule has 0 spiro atoms. The van der Waals surface area contributed by atoms with E-state index in [0.29, 0.717) is 41.0 Å². The Bertz CT molecular complexity index is 1520. The maximum absolute atomic E-state index is 13.8. The van der Waals surface area contributed by atoms with Gasteiger partial charge < -0.3 is 19.2 Å². The smallest absolute Gasteiger partial charge is 0.291 e. The molecular formula is C29H27NO5. The molecule has 178 valence electrons. The maximum atomic E-state index is 13.8. The Kier molecular flexibility index (Phi) is 5.59. The molecule has 6 nitrogen and oxygen atoms in total. The number of phenolic OH excluding ortho intramolecular Hbond substituents is 1. The van der Waals surface area contributed by atoms with Crippen LogP contribution in [0.5, 0.6) is 11.5 Å². The maximum Gasteiger partial charge on any atom is 0.291 e. The SMILES string of the molecule is CCOc1cc([C@H]2c3c(oc4cc(C)c(C)cc4c3=O)C(=O)N2Cc2ccc(C)cc2)ccc1O. The van der Waals surface area contributed by atoms with E-state index in [0.717, 1.165) is 22.3 Å². The Morgan fingerprint density at radius 3 is 2.40 bits per heavy atom. The van der Waals surface area contributed by atoms with Gasteiger partial charge in [0.25, 0.3) is 5.91 Å². The van der Waals surface area contributed by atoms with E-state index >= 15 is 0 Å². The molecule has 0 radical (unpaired) electrons. The van der Waals surface area contributed by atoms with Gasteiger partial charge in [-0.05, 0) is 74.2 Å². The number of aryl methyl sites for hydroxylation is 3. The van der Waals surface area contributed by atoms with Crippen LogP contribution in [-0.4, -0.2) is 22.5 Å². The standard InChI is InChI=1S/C29H27NO5/c1-5-34-24-14-20(10-11-22(24)31)26-25-27(32)21-12-17(3)18(4)13-23(21)35-28(25)29(33)30(26)15-19-8-6-16(2)7-9-19/h6-14,26,31H,5,15H2,1-4H3/t26-/m0/s1. The third-order valence-electron chi connectivity index (χ3n) is 6.65. The first kappa shape index (κ1) is 22.7. The summed E-state index contributed by atoms with van der Waals surface area (Å²) in [4.78, 5) is 29.2. The number of hydrogen-bond acceptors (Lipinski definition) is 5. The summed E-state index contributed by atoms with van der Waals surface area (Å²) in [6, 6.07) is 15.8. The minimum atomic E-state index is -0.680. The Hall–Kier alpha value is -4.06. The summed E-state index contributed by atoms with van der Waals surface area (Å²) >= 11 is 0. The zero-order chi connectivity index (χ0) is 24.9. The number of carbonyl (C=O) groups excluding carboxylic acids is 1. The molecule has 0 aliphatic carbocycles. The predicted octanol–water partition coefficient (Wildman–Crippen LogP) is 5.57. The van der Waals surface area contributed by atoms with Crippen molar-refractivity contribution >= 4 is 16.9 Å². The molecule has 1 N–H and O–H groups in total. The topological polar surface area (TPSA) is 80.0 Å². The molecule has 6 heteroatoms. The molecule has 1 atom stereocenters. The van der Waals surface area contributed by atoms with Crippen molar-refractivity contribution in [3.8, 4) is 11.5 Å². The summed E-state index contributed by atoms with van der Waals surface area (Å²) in [7, 11) is 0. The van der Waals surface area contributed by atoms with Gasteiger partial charge in [0, 0.05) is 6.54 Å². The van der Waals surface area contributed by atoms with Crippen molar-refractivity contribution in [3.63, 3.8) is 0 Å². The van der Waals surface area contributed by atoms with E-state index in [1.165, 1.54) is 6.07 Å². The molecule has 0 fully saturated rings. The van der Waals surface area contributed by atoms with Crippen LogP contribution >= 0.6 is 0 Å². The average molecular weight is 470 g/mol. The number of rotatable bonds is 5. The number of carbonyl (C=O) groups is 1. The molecule has 2 heterocycles. The molecule has 5 rings (SSSR count). The summed E-state index contributed by atoms with van der Waals surface area (Å²) in [5, 5.41) is 10.7. The lowest BCUT2D eigenvalue weighted by atomic mass is 9.97. The minimum absolute atomic E-state index is 0.00174. The van der Waals surface area contributed by atoms with E-state index < -0.39 is 6.04 Å². The van der Waals surface area contributed by atoms with Crippen molar-refractivity contribution in [2.45, 2.75) is 40.3 Å². The van der Waals surface area contributed by atoms with Gasteiger partial charge in [0.05, 0.1) is 23.6 Å². The highest BCUT2D eigenvalue weighted by atomic mass is 16.5. The highest BCUT2D eigenvalue weighted by Crippen LogP contribution is 2.41. The van der Waals surface area contributed by atoms with Crippen LogP contribution in [0.3, 0.4) is 0 Å². The second-order valence-corrected chi connectivity index (χ2v) is 9.09. The fourth-order valence-electron chi connectivity index (χ4n) is 4.65. The summed E-state index contributed by atoms with van der Waals surface area (Å²) in [5.74, 6) is 0.0300. The number of benzene rings is 3. The lowest BCUT2D eigenvalue weighted by molar-refractivity contribution is 0.0714. The number of fused-ring (bicyclic) bond motifs is 2. The fraction of sp³-hybridized carbons (Fsp3) is 0.241. The quantitative estimate of drug-likeness (QED) is 0.413. The van der Waals surface area contributed by atoms with Crippen LogP contribution in [0.15, 0.2) is 63.8 Å². The van der Waals surface area contributed by atoms with Gasteiger partial charge in [0.1, 0.15) is 5.58 Å². The minimum Gasteiger partial charge on any atom is -0.504 e. The van der Waals surface area contributed by atoms with E-state index in [-0.39, 0.29) is 22.8 Å². The Morgan fingerprint density at radius 2 is 1.69 bits per heavy atom. The number of ether oxygens (including phenoxy) is 1. The third kappa shape index (κ3) is 3.85. The van der Waals surface area contributed by atoms with E-state index in [9.17, 15) is 14.7 Å². The summed E-state index contributed by atoms with van der Waals surface area (Å²) in [6.07, 6.45) is 0. The molecule has 0 bridgehead atoms. The van der Waals surface area contributed by atoms with E-state index in [1.807, 2.05) is 64.1 Å². The second-order valence-electron chi connectivity index (χ2n) is 9.09. The first-order valence-electron chi connectivity index (χ1n) is 11.7. The number of phenols is 1. The summed E-state index contributed by atoms with van der Waals surface area (Å²) in [5.41, 5.74) is 5.18. The van der Waals surface area contributed by atoms with Crippen LogP contribution in [0.25, 0.3) is 11.0 Å². The van der Waals surface area contributed by atoms with Gasteiger partial charge in [0.2, 0.25) is 5.76 Å². The molecule has 4 aromatic rings. The molecule has 1 amide bonds. The molecule has 1 aromatic heterocycles. The number of amides is 1. The van der Waals surface area contributed by atoms with E-state index in [1.54, 1.807) is 17.0 Å². The Balaban J connectivity index is 1.73. The monoisotopic (exact) mass is 469 g/mol. The predicted molar refractivity (Wildman–Crippen MR) is 134 cm³/mol. The number of nitrogens with zero attached hydrogens (tertiary/aromatic N) is 1. The molecule has 3 aromatic carbocycles. The van der Waals surface area contributed by atoms with Gasteiger partial charge in [-0.25, -0.2) is 0 Å². The third-order valence-corrected chi connectivity index (χ3v) is 6.65. The van der Waals surface area contributed by atoms with Crippen LogP contribution < -0.4 is 10.2 Å². The van der Waals surface area contributed by atoms with Crippen LogP contribution in [0.4, 0.5) is 0 Å². The number of hydrogen-bond donors (Lipinski definition) is 1.